The number of benzene rings is 2. The third-order valence-corrected chi connectivity index (χ3v) is 6.10. The molecule has 3 rings (SSSR count). The molecule has 0 N–H and O–H groups in total. The standard InChI is InChI=1S/C27H36N4O2/c1-6-8-13-25(32)30(19-18-29(4)5)20(3)26-28-24-12-10-9-11-23(24)27(33)31(26)22-16-14-21(7-2)15-17-22/h9-12,14-17,20H,6-8,13,18-19H2,1-5H3. The van der Waals surface area contributed by atoms with Crippen molar-refractivity contribution in [3.05, 3.63) is 70.3 Å². The van der Waals surface area contributed by atoms with E-state index in [-0.39, 0.29) is 17.5 Å². The molecule has 1 amide bonds. The molecule has 0 aliphatic heterocycles. The molecule has 3 aromatic rings. The zero-order chi connectivity index (χ0) is 24.0. The lowest BCUT2D eigenvalue weighted by Gasteiger charge is -2.31. The summed E-state index contributed by atoms with van der Waals surface area (Å²) in [4.78, 5) is 35.7. The number of aryl methyl sites for hydroxylation is 1. The minimum absolute atomic E-state index is 0.0986. The molecule has 0 radical (unpaired) electrons. The number of fused-ring (bicyclic) bond motifs is 1. The minimum Gasteiger partial charge on any atom is -0.331 e. The van der Waals surface area contributed by atoms with Crippen LogP contribution in [0.1, 0.15) is 57.5 Å². The van der Waals surface area contributed by atoms with E-state index in [4.69, 9.17) is 4.98 Å². The maximum absolute atomic E-state index is 13.7. The lowest BCUT2D eigenvalue weighted by Crippen LogP contribution is -2.40. The number of unbranched alkanes of at least 4 members (excludes halogenated alkanes) is 1. The number of amides is 1. The Labute approximate surface area is 196 Å². The van der Waals surface area contributed by atoms with Gasteiger partial charge < -0.3 is 9.80 Å². The van der Waals surface area contributed by atoms with E-state index in [1.165, 1.54) is 5.56 Å². The average Bonchev–Trinajstić information content (AvgIpc) is 2.82. The Kier molecular flexibility index (Phi) is 8.39. The van der Waals surface area contributed by atoms with E-state index >= 15 is 0 Å². The van der Waals surface area contributed by atoms with E-state index in [0.717, 1.165) is 31.5 Å². The third-order valence-electron chi connectivity index (χ3n) is 6.10. The summed E-state index contributed by atoms with van der Waals surface area (Å²) >= 11 is 0. The van der Waals surface area contributed by atoms with Gasteiger partial charge >= 0.3 is 0 Å². The van der Waals surface area contributed by atoms with Gasteiger partial charge in [-0.1, -0.05) is 44.5 Å². The van der Waals surface area contributed by atoms with Crippen LogP contribution < -0.4 is 5.56 Å². The van der Waals surface area contributed by atoms with Crippen LogP contribution in [0.2, 0.25) is 0 Å². The Bertz CT molecular complexity index is 1140. The van der Waals surface area contributed by atoms with Crippen LogP contribution >= 0.6 is 0 Å². The summed E-state index contributed by atoms with van der Waals surface area (Å²) < 4.78 is 1.68. The van der Waals surface area contributed by atoms with Gasteiger partial charge in [-0.25, -0.2) is 4.98 Å². The van der Waals surface area contributed by atoms with Crippen LogP contribution in [0, 0.1) is 0 Å². The molecule has 1 atom stereocenters. The zero-order valence-electron chi connectivity index (χ0n) is 20.5. The molecule has 0 spiro atoms. The van der Waals surface area contributed by atoms with Crippen LogP contribution in [-0.2, 0) is 11.2 Å². The second-order valence-electron chi connectivity index (χ2n) is 8.82. The van der Waals surface area contributed by atoms with Crippen molar-refractivity contribution in [1.29, 1.82) is 0 Å². The minimum atomic E-state index is -0.350. The summed E-state index contributed by atoms with van der Waals surface area (Å²) in [6.07, 6.45) is 3.24. The predicted molar refractivity (Wildman–Crippen MR) is 135 cm³/mol. The molecule has 0 saturated carbocycles. The van der Waals surface area contributed by atoms with Crippen LogP contribution in [0.5, 0.6) is 0 Å². The summed E-state index contributed by atoms with van der Waals surface area (Å²) in [5, 5.41) is 0.574. The number of likely N-dealkylation sites (N-methyl/N-ethyl adjacent to an activating group) is 1. The van der Waals surface area contributed by atoms with E-state index in [2.05, 4.69) is 18.7 Å². The molecule has 0 bridgehead atoms. The molecule has 176 valence electrons. The van der Waals surface area contributed by atoms with Gasteiger partial charge in [0.05, 0.1) is 22.6 Å². The van der Waals surface area contributed by atoms with Crippen molar-refractivity contribution in [2.24, 2.45) is 0 Å². The van der Waals surface area contributed by atoms with Crippen molar-refractivity contribution in [3.8, 4) is 5.69 Å². The molecule has 1 aromatic heterocycles. The second kappa shape index (κ2) is 11.2. The first-order chi connectivity index (χ1) is 15.9. The molecule has 1 unspecified atom stereocenters. The van der Waals surface area contributed by atoms with Gasteiger partial charge in [-0.05, 0) is 63.7 Å². The van der Waals surface area contributed by atoms with Crippen molar-refractivity contribution in [3.63, 3.8) is 0 Å². The van der Waals surface area contributed by atoms with Gasteiger partial charge in [0.1, 0.15) is 5.82 Å². The topological polar surface area (TPSA) is 58.4 Å². The fraction of sp³-hybridized carbons (Fsp3) is 0.444. The van der Waals surface area contributed by atoms with Crippen molar-refractivity contribution in [1.82, 2.24) is 19.4 Å². The van der Waals surface area contributed by atoms with Gasteiger partial charge in [0.15, 0.2) is 0 Å². The lowest BCUT2D eigenvalue weighted by atomic mass is 10.1. The van der Waals surface area contributed by atoms with Crippen molar-refractivity contribution < 1.29 is 4.79 Å². The van der Waals surface area contributed by atoms with Crippen LogP contribution in [0.25, 0.3) is 16.6 Å². The maximum Gasteiger partial charge on any atom is 0.266 e. The molecule has 0 fully saturated rings. The number of hydrogen-bond acceptors (Lipinski definition) is 4. The Morgan fingerprint density at radius 3 is 2.36 bits per heavy atom. The van der Waals surface area contributed by atoms with Gasteiger partial charge in [-0.2, -0.15) is 0 Å². The largest absolute Gasteiger partial charge is 0.331 e. The van der Waals surface area contributed by atoms with Gasteiger partial charge in [0, 0.05) is 19.5 Å². The monoisotopic (exact) mass is 448 g/mol. The normalized spacial score (nSPS) is 12.3. The average molecular weight is 449 g/mol. The smallest absolute Gasteiger partial charge is 0.266 e. The number of nitrogens with zero attached hydrogens (tertiary/aromatic N) is 4. The van der Waals surface area contributed by atoms with Crippen molar-refractivity contribution in [2.45, 2.75) is 52.5 Å². The molecule has 0 aliphatic carbocycles. The summed E-state index contributed by atoms with van der Waals surface area (Å²) in [7, 11) is 4.00. The number of hydrogen-bond donors (Lipinski definition) is 0. The van der Waals surface area contributed by atoms with Crippen LogP contribution in [-0.4, -0.2) is 52.4 Å². The molecule has 0 aliphatic rings. The number of para-hydroxylation sites is 1. The van der Waals surface area contributed by atoms with Crippen molar-refractivity contribution in [2.75, 3.05) is 27.2 Å². The van der Waals surface area contributed by atoms with E-state index < -0.39 is 0 Å². The highest BCUT2D eigenvalue weighted by Crippen LogP contribution is 2.24. The number of carbonyl (C=O) groups excluding carboxylic acids is 1. The first kappa shape index (κ1) is 24.6. The Morgan fingerprint density at radius 1 is 1.03 bits per heavy atom. The summed E-state index contributed by atoms with van der Waals surface area (Å²) in [6.45, 7) is 7.49. The first-order valence-electron chi connectivity index (χ1n) is 11.9. The van der Waals surface area contributed by atoms with Gasteiger partial charge in [0.2, 0.25) is 5.91 Å². The molecule has 6 heteroatoms. The predicted octanol–water partition coefficient (Wildman–Crippen LogP) is 4.59. The first-order valence-corrected chi connectivity index (χ1v) is 11.9. The Morgan fingerprint density at radius 2 is 1.73 bits per heavy atom. The highest BCUT2D eigenvalue weighted by molar-refractivity contribution is 5.79. The van der Waals surface area contributed by atoms with E-state index in [1.807, 2.05) is 74.4 Å². The molecule has 33 heavy (non-hydrogen) atoms. The quantitative estimate of drug-likeness (QED) is 0.455. The van der Waals surface area contributed by atoms with E-state index in [1.54, 1.807) is 4.57 Å². The zero-order valence-corrected chi connectivity index (χ0v) is 20.5. The molecule has 0 saturated heterocycles. The van der Waals surface area contributed by atoms with E-state index in [9.17, 15) is 9.59 Å². The van der Waals surface area contributed by atoms with Gasteiger partial charge in [0.25, 0.3) is 5.56 Å². The fourth-order valence-electron chi connectivity index (χ4n) is 4.01. The highest BCUT2D eigenvalue weighted by Gasteiger charge is 2.26. The summed E-state index contributed by atoms with van der Waals surface area (Å²) in [5.74, 6) is 0.688. The van der Waals surface area contributed by atoms with Crippen LogP contribution in [0.4, 0.5) is 0 Å². The third kappa shape index (κ3) is 5.69. The van der Waals surface area contributed by atoms with Gasteiger partial charge in [-0.3, -0.25) is 14.2 Å². The van der Waals surface area contributed by atoms with Crippen LogP contribution in [0.15, 0.2) is 53.3 Å². The second-order valence-corrected chi connectivity index (χ2v) is 8.82. The van der Waals surface area contributed by atoms with Crippen LogP contribution in [0.3, 0.4) is 0 Å². The van der Waals surface area contributed by atoms with Gasteiger partial charge in [-0.15, -0.1) is 0 Å². The fourth-order valence-corrected chi connectivity index (χ4v) is 4.01. The molecule has 2 aromatic carbocycles. The SMILES string of the molecule is CCCCC(=O)N(CCN(C)C)C(C)c1nc2ccccc2c(=O)n1-c1ccc(CC)cc1. The van der Waals surface area contributed by atoms with E-state index in [0.29, 0.717) is 29.7 Å². The lowest BCUT2D eigenvalue weighted by molar-refractivity contribution is -0.133. The Hall–Kier alpha value is -2.99. The molecular formula is C27H36N4O2. The Balaban J connectivity index is 2.16. The molecule has 6 nitrogen and oxygen atoms in total. The molecule has 1 heterocycles. The summed E-state index contributed by atoms with van der Waals surface area (Å²) in [5.41, 5.74) is 2.52. The number of carbonyl (C=O) groups is 1. The number of rotatable bonds is 10. The number of aromatic nitrogens is 2. The summed E-state index contributed by atoms with van der Waals surface area (Å²) in [6, 6.07) is 15.1. The maximum atomic E-state index is 13.7. The van der Waals surface area contributed by atoms with Crippen molar-refractivity contribution >= 4 is 16.8 Å². The molecular weight excluding hydrogens is 412 g/mol. The highest BCUT2D eigenvalue weighted by atomic mass is 16.2.